The monoisotopic (exact) mass is 240 g/mol. The highest BCUT2D eigenvalue weighted by atomic mass is 15.1. The molecule has 2 heteroatoms. The van der Waals surface area contributed by atoms with E-state index in [-0.39, 0.29) is 0 Å². The Morgan fingerprint density at radius 2 is 1.65 bits per heavy atom. The molecule has 1 aliphatic heterocycles. The molecule has 0 aromatic rings. The van der Waals surface area contributed by atoms with E-state index in [2.05, 4.69) is 31.0 Å². The Labute approximate surface area is 108 Å². The SMILES string of the molecule is CCC(CC)CNCC(C)CN1CCCCC1. The number of piperidine rings is 1. The van der Waals surface area contributed by atoms with Crippen molar-refractivity contribution in [1.29, 1.82) is 0 Å². The van der Waals surface area contributed by atoms with Gasteiger partial charge in [0.2, 0.25) is 0 Å². The number of hydrogen-bond acceptors (Lipinski definition) is 2. The number of rotatable bonds is 8. The maximum absolute atomic E-state index is 3.65. The third-order valence-corrected chi connectivity index (χ3v) is 4.10. The first-order valence-electron chi connectivity index (χ1n) is 7.69. The van der Waals surface area contributed by atoms with Crippen molar-refractivity contribution in [2.45, 2.75) is 52.9 Å². The first-order valence-corrected chi connectivity index (χ1v) is 7.69. The molecule has 1 rings (SSSR count). The van der Waals surface area contributed by atoms with Crippen LogP contribution in [0.5, 0.6) is 0 Å². The van der Waals surface area contributed by atoms with Gasteiger partial charge in [0.15, 0.2) is 0 Å². The van der Waals surface area contributed by atoms with Crippen molar-refractivity contribution in [3.05, 3.63) is 0 Å². The summed E-state index contributed by atoms with van der Waals surface area (Å²) in [5.74, 6) is 1.67. The van der Waals surface area contributed by atoms with Gasteiger partial charge in [-0.2, -0.15) is 0 Å². The van der Waals surface area contributed by atoms with Crippen molar-refractivity contribution < 1.29 is 0 Å². The molecule has 1 unspecified atom stereocenters. The Hall–Kier alpha value is -0.0800. The summed E-state index contributed by atoms with van der Waals surface area (Å²) in [7, 11) is 0. The second-order valence-corrected chi connectivity index (χ2v) is 5.81. The Kier molecular flexibility index (Phi) is 7.87. The molecule has 1 heterocycles. The van der Waals surface area contributed by atoms with Gasteiger partial charge in [-0.25, -0.2) is 0 Å². The summed E-state index contributed by atoms with van der Waals surface area (Å²) in [4.78, 5) is 2.65. The molecule has 17 heavy (non-hydrogen) atoms. The number of likely N-dealkylation sites (tertiary alicyclic amines) is 1. The molecule has 0 bridgehead atoms. The van der Waals surface area contributed by atoms with E-state index in [1.165, 1.54) is 64.8 Å². The van der Waals surface area contributed by atoms with E-state index in [1.807, 2.05) is 0 Å². The fourth-order valence-electron chi connectivity index (χ4n) is 2.76. The van der Waals surface area contributed by atoms with Crippen molar-refractivity contribution in [3.8, 4) is 0 Å². The van der Waals surface area contributed by atoms with Gasteiger partial charge in [0.25, 0.3) is 0 Å². The fraction of sp³-hybridized carbons (Fsp3) is 1.00. The fourth-order valence-corrected chi connectivity index (χ4v) is 2.76. The normalized spacial score (nSPS) is 19.8. The van der Waals surface area contributed by atoms with Crippen LogP contribution in [0.1, 0.15) is 52.9 Å². The van der Waals surface area contributed by atoms with E-state index >= 15 is 0 Å². The Bertz CT molecular complexity index is 172. The Balaban J connectivity index is 2.05. The molecule has 0 spiro atoms. The molecule has 0 amide bonds. The van der Waals surface area contributed by atoms with Gasteiger partial charge in [0.05, 0.1) is 0 Å². The first-order chi connectivity index (χ1) is 8.26. The summed E-state index contributed by atoms with van der Waals surface area (Å²) < 4.78 is 0. The second-order valence-electron chi connectivity index (χ2n) is 5.81. The second kappa shape index (κ2) is 8.93. The van der Waals surface area contributed by atoms with E-state index in [9.17, 15) is 0 Å². The van der Waals surface area contributed by atoms with E-state index in [0.29, 0.717) is 0 Å². The van der Waals surface area contributed by atoms with Crippen LogP contribution in [0, 0.1) is 11.8 Å². The molecule has 0 aliphatic carbocycles. The maximum atomic E-state index is 3.65. The minimum atomic E-state index is 0.794. The van der Waals surface area contributed by atoms with Crippen molar-refractivity contribution in [1.82, 2.24) is 10.2 Å². The van der Waals surface area contributed by atoms with Crippen LogP contribution in [0.25, 0.3) is 0 Å². The van der Waals surface area contributed by atoms with Gasteiger partial charge < -0.3 is 10.2 Å². The minimum absolute atomic E-state index is 0.794. The predicted octanol–water partition coefficient (Wildman–Crippen LogP) is 3.13. The maximum Gasteiger partial charge on any atom is 0.00191 e. The van der Waals surface area contributed by atoms with Gasteiger partial charge in [-0.15, -0.1) is 0 Å². The summed E-state index contributed by atoms with van der Waals surface area (Å²) >= 11 is 0. The summed E-state index contributed by atoms with van der Waals surface area (Å²) in [6.45, 7) is 13.3. The third kappa shape index (κ3) is 6.42. The van der Waals surface area contributed by atoms with E-state index < -0.39 is 0 Å². The molecule has 1 N–H and O–H groups in total. The highest BCUT2D eigenvalue weighted by Gasteiger charge is 2.13. The van der Waals surface area contributed by atoms with Gasteiger partial charge in [0, 0.05) is 6.54 Å². The molecule has 2 nitrogen and oxygen atoms in total. The van der Waals surface area contributed by atoms with Gasteiger partial charge >= 0.3 is 0 Å². The summed E-state index contributed by atoms with van der Waals surface area (Å²) in [6.07, 6.45) is 6.88. The van der Waals surface area contributed by atoms with Crippen LogP contribution in [0.3, 0.4) is 0 Å². The zero-order valence-electron chi connectivity index (χ0n) is 12.2. The lowest BCUT2D eigenvalue weighted by Gasteiger charge is -2.29. The van der Waals surface area contributed by atoms with Crippen LogP contribution in [0.2, 0.25) is 0 Å². The van der Waals surface area contributed by atoms with Crippen molar-refractivity contribution in [2.24, 2.45) is 11.8 Å². The average Bonchev–Trinajstić information content (AvgIpc) is 2.36. The zero-order chi connectivity index (χ0) is 12.5. The van der Waals surface area contributed by atoms with Gasteiger partial charge in [-0.3, -0.25) is 0 Å². The van der Waals surface area contributed by atoms with Crippen molar-refractivity contribution in [2.75, 3.05) is 32.7 Å². The molecule has 1 fully saturated rings. The molecule has 0 radical (unpaired) electrons. The van der Waals surface area contributed by atoms with Crippen molar-refractivity contribution >= 4 is 0 Å². The van der Waals surface area contributed by atoms with Crippen LogP contribution in [-0.2, 0) is 0 Å². The molecule has 1 saturated heterocycles. The zero-order valence-corrected chi connectivity index (χ0v) is 12.2. The molecule has 1 aliphatic rings. The van der Waals surface area contributed by atoms with Gasteiger partial charge in [-0.1, -0.05) is 40.0 Å². The third-order valence-electron chi connectivity index (χ3n) is 4.10. The molecule has 0 saturated carbocycles. The average molecular weight is 240 g/mol. The Morgan fingerprint density at radius 1 is 1.00 bits per heavy atom. The highest BCUT2D eigenvalue weighted by molar-refractivity contribution is 4.69. The number of nitrogens with one attached hydrogen (secondary N) is 1. The standard InChI is InChI=1S/C15H32N2/c1-4-15(5-2)12-16-11-14(3)13-17-9-7-6-8-10-17/h14-16H,4-13H2,1-3H3. The predicted molar refractivity (Wildman–Crippen MR) is 76.4 cm³/mol. The molecule has 0 aromatic heterocycles. The first kappa shape index (κ1) is 15.0. The minimum Gasteiger partial charge on any atom is -0.316 e. The Morgan fingerprint density at radius 3 is 2.24 bits per heavy atom. The summed E-state index contributed by atoms with van der Waals surface area (Å²) in [5, 5.41) is 3.65. The highest BCUT2D eigenvalue weighted by Crippen LogP contribution is 2.11. The van der Waals surface area contributed by atoms with E-state index in [0.717, 1.165) is 11.8 Å². The quantitative estimate of drug-likeness (QED) is 0.701. The molecular weight excluding hydrogens is 208 g/mol. The number of hydrogen-bond donors (Lipinski definition) is 1. The van der Waals surface area contributed by atoms with Crippen LogP contribution in [0.15, 0.2) is 0 Å². The van der Waals surface area contributed by atoms with Crippen LogP contribution in [0.4, 0.5) is 0 Å². The largest absolute Gasteiger partial charge is 0.316 e. The molecule has 0 aromatic carbocycles. The van der Waals surface area contributed by atoms with Crippen molar-refractivity contribution in [3.63, 3.8) is 0 Å². The lowest BCUT2D eigenvalue weighted by molar-refractivity contribution is 0.198. The van der Waals surface area contributed by atoms with Crippen LogP contribution < -0.4 is 5.32 Å². The number of nitrogens with zero attached hydrogens (tertiary/aromatic N) is 1. The van der Waals surface area contributed by atoms with Gasteiger partial charge in [0.1, 0.15) is 0 Å². The lowest BCUT2D eigenvalue weighted by atomic mass is 10.0. The molecular formula is C15H32N2. The lowest BCUT2D eigenvalue weighted by Crippen LogP contribution is -2.37. The molecule has 102 valence electrons. The molecule has 1 atom stereocenters. The van der Waals surface area contributed by atoms with Crippen LogP contribution in [-0.4, -0.2) is 37.6 Å². The van der Waals surface area contributed by atoms with Gasteiger partial charge in [-0.05, 0) is 50.9 Å². The topological polar surface area (TPSA) is 15.3 Å². The van der Waals surface area contributed by atoms with Crippen LogP contribution >= 0.6 is 0 Å². The summed E-state index contributed by atoms with van der Waals surface area (Å²) in [5.41, 5.74) is 0. The smallest absolute Gasteiger partial charge is 0.00191 e. The summed E-state index contributed by atoms with van der Waals surface area (Å²) in [6, 6.07) is 0. The van der Waals surface area contributed by atoms with E-state index in [1.54, 1.807) is 0 Å². The van der Waals surface area contributed by atoms with E-state index in [4.69, 9.17) is 0 Å².